The van der Waals surface area contributed by atoms with Crippen LogP contribution in [0.1, 0.15) is 11.8 Å². The van der Waals surface area contributed by atoms with Gasteiger partial charge >= 0.3 is 0 Å². The predicted octanol–water partition coefficient (Wildman–Crippen LogP) is 5.09. The molecule has 0 saturated heterocycles. The zero-order valence-corrected chi connectivity index (χ0v) is 17.8. The number of nitrogens with one attached hydrogen (secondary N) is 1. The second kappa shape index (κ2) is 7.04. The summed E-state index contributed by atoms with van der Waals surface area (Å²) in [7, 11) is -3.35. The highest BCUT2D eigenvalue weighted by Crippen LogP contribution is 2.39. The van der Waals surface area contributed by atoms with Crippen molar-refractivity contribution in [2.45, 2.75) is 6.10 Å². The van der Waals surface area contributed by atoms with E-state index in [1.54, 1.807) is 6.07 Å². The van der Waals surface area contributed by atoms with Gasteiger partial charge in [-0.1, -0.05) is 39.7 Å². The molecule has 3 rings (SSSR count). The van der Waals surface area contributed by atoms with Crippen molar-refractivity contribution >= 4 is 64.2 Å². The largest absolute Gasteiger partial charge is 0.386 e. The van der Waals surface area contributed by atoms with Gasteiger partial charge in [-0.15, -0.1) is 0 Å². The van der Waals surface area contributed by atoms with Crippen LogP contribution >= 0.6 is 43.5 Å². The molecule has 0 aliphatic heterocycles. The molecule has 3 aromatic rings. The maximum absolute atomic E-state index is 11.6. The summed E-state index contributed by atoms with van der Waals surface area (Å²) >= 11 is 13.0. The third-order valence-corrected chi connectivity index (χ3v) is 6.39. The lowest BCUT2D eigenvalue weighted by Crippen LogP contribution is -2.13. The molecule has 25 heavy (non-hydrogen) atoms. The van der Waals surface area contributed by atoms with E-state index in [1.807, 2.05) is 30.3 Å². The van der Waals surface area contributed by atoms with E-state index in [0.29, 0.717) is 10.7 Å². The van der Waals surface area contributed by atoms with Gasteiger partial charge in [-0.05, 0) is 45.8 Å². The van der Waals surface area contributed by atoms with Gasteiger partial charge in [0, 0.05) is 31.7 Å². The van der Waals surface area contributed by atoms with E-state index in [0.717, 1.165) is 37.2 Å². The quantitative estimate of drug-likeness (QED) is 0.517. The molecule has 1 aromatic heterocycles. The van der Waals surface area contributed by atoms with Crippen molar-refractivity contribution < 1.29 is 13.5 Å². The average Bonchev–Trinajstić information content (AvgIpc) is 2.84. The van der Waals surface area contributed by atoms with Gasteiger partial charge in [0.2, 0.25) is 0 Å². The van der Waals surface area contributed by atoms with Crippen LogP contribution in [-0.2, 0) is 9.84 Å². The summed E-state index contributed by atoms with van der Waals surface area (Å²) in [4.78, 5) is 3.14. The molecule has 0 radical (unpaired) electrons. The topological polar surface area (TPSA) is 70.2 Å². The monoisotopic (exact) mass is 505 g/mol. The molecule has 0 bridgehead atoms. The van der Waals surface area contributed by atoms with Crippen LogP contribution in [0.5, 0.6) is 0 Å². The predicted molar refractivity (Wildman–Crippen MR) is 109 cm³/mol. The Morgan fingerprint density at radius 3 is 2.60 bits per heavy atom. The summed E-state index contributed by atoms with van der Waals surface area (Å²) in [5, 5.41) is 11.9. The minimum atomic E-state index is -3.35. The number of aliphatic hydroxyl groups is 1. The zero-order chi connectivity index (χ0) is 18.4. The van der Waals surface area contributed by atoms with Gasteiger partial charge in [0.25, 0.3) is 0 Å². The van der Waals surface area contributed by atoms with Gasteiger partial charge in [-0.25, -0.2) is 8.42 Å². The molecule has 0 saturated carbocycles. The first-order valence-electron chi connectivity index (χ1n) is 7.28. The average molecular weight is 508 g/mol. The minimum Gasteiger partial charge on any atom is -0.386 e. The van der Waals surface area contributed by atoms with Crippen LogP contribution in [0.2, 0.25) is 5.02 Å². The molecule has 2 N–H and O–H groups in total. The Morgan fingerprint density at radius 1 is 1.24 bits per heavy atom. The minimum absolute atomic E-state index is 0.365. The van der Waals surface area contributed by atoms with Crippen molar-refractivity contribution in [2.75, 3.05) is 12.0 Å². The Labute approximate surface area is 167 Å². The van der Waals surface area contributed by atoms with Crippen molar-refractivity contribution in [3.8, 4) is 11.1 Å². The first kappa shape index (κ1) is 18.9. The Morgan fingerprint density at radius 2 is 1.96 bits per heavy atom. The second-order valence-electron chi connectivity index (χ2n) is 5.84. The van der Waals surface area contributed by atoms with Crippen LogP contribution in [0.25, 0.3) is 22.0 Å². The van der Waals surface area contributed by atoms with Crippen molar-refractivity contribution in [1.29, 1.82) is 0 Å². The molecule has 4 nitrogen and oxygen atoms in total. The standard InChI is InChI=1S/C17H14Br2ClNO3S/c1-25(23,24)8-15(22)17-16(9-3-2-4-10(18)5-9)11-6-12(19)13(20)7-14(11)21-17/h2-7,15,21-22H,8H2,1H3. The van der Waals surface area contributed by atoms with Gasteiger partial charge in [0.1, 0.15) is 15.9 Å². The zero-order valence-electron chi connectivity index (χ0n) is 13.1. The maximum atomic E-state index is 11.6. The molecular weight excluding hydrogens is 494 g/mol. The summed E-state index contributed by atoms with van der Waals surface area (Å²) in [6.45, 7) is 0. The van der Waals surface area contributed by atoms with Crippen molar-refractivity contribution in [1.82, 2.24) is 4.98 Å². The van der Waals surface area contributed by atoms with Crippen molar-refractivity contribution in [2.24, 2.45) is 0 Å². The molecule has 0 aliphatic carbocycles. The van der Waals surface area contributed by atoms with Crippen molar-refractivity contribution in [3.05, 3.63) is 56.1 Å². The molecule has 0 aliphatic rings. The smallest absolute Gasteiger partial charge is 0.150 e. The molecule has 132 valence electrons. The number of hydrogen-bond acceptors (Lipinski definition) is 3. The molecule has 2 aromatic carbocycles. The molecule has 1 heterocycles. The summed E-state index contributed by atoms with van der Waals surface area (Å²) in [5.41, 5.74) is 2.79. The summed E-state index contributed by atoms with van der Waals surface area (Å²) in [6.07, 6.45) is -0.0700. The number of sulfone groups is 1. The SMILES string of the molecule is CS(=O)(=O)CC(O)c1[nH]c2cc(Cl)c(Br)cc2c1-c1cccc(Br)c1. The van der Waals surface area contributed by atoms with Crippen LogP contribution in [0.3, 0.4) is 0 Å². The normalized spacial score (nSPS) is 13.3. The number of aromatic amines is 1. The summed E-state index contributed by atoms with van der Waals surface area (Å²) in [5.74, 6) is -0.365. The molecule has 8 heteroatoms. The maximum Gasteiger partial charge on any atom is 0.150 e. The summed E-state index contributed by atoms with van der Waals surface area (Å²) < 4.78 is 24.9. The highest BCUT2D eigenvalue weighted by atomic mass is 79.9. The number of aromatic nitrogens is 1. The lowest BCUT2D eigenvalue weighted by molar-refractivity contribution is 0.198. The van der Waals surface area contributed by atoms with Gasteiger partial charge in [0.15, 0.2) is 0 Å². The third kappa shape index (κ3) is 4.11. The highest BCUT2D eigenvalue weighted by Gasteiger charge is 2.23. The highest BCUT2D eigenvalue weighted by molar-refractivity contribution is 9.10. The van der Waals surface area contributed by atoms with Crippen molar-refractivity contribution in [3.63, 3.8) is 0 Å². The fourth-order valence-electron chi connectivity index (χ4n) is 2.78. The van der Waals surface area contributed by atoms with Gasteiger partial charge in [-0.2, -0.15) is 0 Å². The lowest BCUT2D eigenvalue weighted by Gasteiger charge is -2.12. The van der Waals surface area contributed by atoms with E-state index in [1.165, 1.54) is 0 Å². The Balaban J connectivity index is 2.30. The van der Waals surface area contributed by atoms with Gasteiger partial charge in [0.05, 0.1) is 16.5 Å². The molecule has 1 unspecified atom stereocenters. The first-order valence-corrected chi connectivity index (χ1v) is 11.3. The number of halogens is 3. The summed E-state index contributed by atoms with van der Waals surface area (Å²) in [6, 6.07) is 11.2. The fourth-order valence-corrected chi connectivity index (χ4v) is 4.43. The van der Waals surface area contributed by atoms with E-state index < -0.39 is 15.9 Å². The van der Waals surface area contributed by atoms with Crippen LogP contribution < -0.4 is 0 Å². The van der Waals surface area contributed by atoms with Gasteiger partial charge in [-0.3, -0.25) is 0 Å². The number of benzene rings is 2. The Bertz CT molecular complexity index is 1060. The molecular formula is C17H14Br2ClNO3S. The number of hydrogen-bond donors (Lipinski definition) is 2. The van der Waals surface area contributed by atoms with E-state index in [-0.39, 0.29) is 5.75 Å². The molecule has 0 spiro atoms. The Hall–Kier alpha value is -0.860. The number of H-pyrrole nitrogens is 1. The van der Waals surface area contributed by atoms with Gasteiger partial charge < -0.3 is 10.1 Å². The van der Waals surface area contributed by atoms with E-state index >= 15 is 0 Å². The number of aliphatic hydroxyl groups excluding tert-OH is 1. The van der Waals surface area contributed by atoms with Crippen LogP contribution in [-0.4, -0.2) is 30.5 Å². The second-order valence-corrected chi connectivity index (χ2v) is 10.2. The molecule has 1 atom stereocenters. The van der Waals surface area contributed by atoms with Crippen LogP contribution in [0.4, 0.5) is 0 Å². The Kier molecular flexibility index (Phi) is 5.33. The lowest BCUT2D eigenvalue weighted by atomic mass is 10.00. The van der Waals surface area contributed by atoms with Crippen LogP contribution in [0, 0.1) is 0 Å². The van der Waals surface area contributed by atoms with Crippen LogP contribution in [0.15, 0.2) is 45.3 Å². The van der Waals surface area contributed by atoms with E-state index in [2.05, 4.69) is 36.8 Å². The van der Waals surface area contributed by atoms with E-state index in [4.69, 9.17) is 11.6 Å². The number of fused-ring (bicyclic) bond motifs is 1. The fraction of sp³-hybridized carbons (Fsp3) is 0.176. The van der Waals surface area contributed by atoms with E-state index in [9.17, 15) is 13.5 Å². The molecule has 0 fully saturated rings. The number of rotatable bonds is 4. The molecule has 0 amide bonds. The third-order valence-electron chi connectivity index (χ3n) is 3.78. The first-order chi connectivity index (χ1) is 11.7.